The Morgan fingerprint density at radius 2 is 0.906 bits per heavy atom. The summed E-state index contributed by atoms with van der Waals surface area (Å²) in [5.41, 5.74) is 6.51. The van der Waals surface area contributed by atoms with E-state index < -0.39 is 0 Å². The minimum absolute atomic E-state index is 0.597. The summed E-state index contributed by atoms with van der Waals surface area (Å²) < 4.78 is 6.69. The highest BCUT2D eigenvalue weighted by molar-refractivity contribution is 6.18. The van der Waals surface area contributed by atoms with Crippen molar-refractivity contribution >= 4 is 65.0 Å². The fourth-order valence-corrected chi connectivity index (χ4v) is 7.90. The van der Waals surface area contributed by atoms with E-state index in [1.165, 1.54) is 37.7 Å². The van der Waals surface area contributed by atoms with E-state index in [9.17, 15) is 0 Å². The molecule has 0 aliphatic carbocycles. The second-order valence-corrected chi connectivity index (χ2v) is 13.6. The molecule has 0 spiro atoms. The Morgan fingerprint density at radius 3 is 1.75 bits per heavy atom. The summed E-state index contributed by atoms with van der Waals surface area (Å²) in [5.74, 6) is 1.83. The van der Waals surface area contributed by atoms with Gasteiger partial charge in [0.15, 0.2) is 17.5 Å². The van der Waals surface area contributed by atoms with E-state index in [2.05, 4.69) is 133 Å². The molecule has 4 nitrogen and oxygen atoms in total. The van der Waals surface area contributed by atoms with Gasteiger partial charge in [-0.3, -0.25) is 0 Å². The van der Waals surface area contributed by atoms with Gasteiger partial charge in [0.05, 0.1) is 0 Å². The highest BCUT2D eigenvalue weighted by Gasteiger charge is 2.21. The van der Waals surface area contributed by atoms with Gasteiger partial charge in [-0.15, -0.1) is 0 Å². The highest BCUT2D eigenvalue weighted by atomic mass is 16.3. The minimum Gasteiger partial charge on any atom is -0.455 e. The van der Waals surface area contributed by atoms with Crippen LogP contribution in [0.1, 0.15) is 0 Å². The van der Waals surface area contributed by atoms with E-state index in [0.29, 0.717) is 17.5 Å². The van der Waals surface area contributed by atoms with Gasteiger partial charge in [-0.2, -0.15) is 0 Å². The van der Waals surface area contributed by atoms with Crippen LogP contribution in [-0.4, -0.2) is 15.0 Å². The summed E-state index contributed by atoms with van der Waals surface area (Å²) in [6.07, 6.45) is 0. The summed E-state index contributed by atoms with van der Waals surface area (Å²) in [6, 6.07) is 61.6. The fourth-order valence-electron chi connectivity index (χ4n) is 7.90. The molecule has 9 aromatic carbocycles. The number of hydrogen-bond acceptors (Lipinski definition) is 4. The van der Waals surface area contributed by atoms with Crippen molar-refractivity contribution in [3.05, 3.63) is 176 Å². The molecule has 4 heteroatoms. The lowest BCUT2D eigenvalue weighted by atomic mass is 9.95. The van der Waals surface area contributed by atoms with Gasteiger partial charge in [-0.25, -0.2) is 15.0 Å². The number of rotatable bonds is 4. The van der Waals surface area contributed by atoms with Crippen molar-refractivity contribution in [2.24, 2.45) is 0 Å². The van der Waals surface area contributed by atoms with Gasteiger partial charge in [0, 0.05) is 33.0 Å². The average Bonchev–Trinajstić information content (AvgIpc) is 3.63. The van der Waals surface area contributed by atoms with E-state index in [4.69, 9.17) is 19.4 Å². The first kappa shape index (κ1) is 29.5. The summed E-state index contributed by atoms with van der Waals surface area (Å²) in [7, 11) is 0. The van der Waals surface area contributed by atoms with Crippen LogP contribution in [-0.2, 0) is 0 Å². The summed E-state index contributed by atoms with van der Waals surface area (Å²) in [5, 5.41) is 11.6. The van der Waals surface area contributed by atoms with E-state index >= 15 is 0 Å². The van der Waals surface area contributed by atoms with Crippen LogP contribution in [0.25, 0.3) is 110 Å². The van der Waals surface area contributed by atoms with Crippen LogP contribution in [0.4, 0.5) is 0 Å². The number of aromatic nitrogens is 3. The topological polar surface area (TPSA) is 51.8 Å². The zero-order valence-corrected chi connectivity index (χ0v) is 28.5. The Kier molecular flexibility index (Phi) is 6.52. The van der Waals surface area contributed by atoms with E-state index in [-0.39, 0.29) is 0 Å². The predicted molar refractivity (Wildman–Crippen MR) is 219 cm³/mol. The molecule has 0 radical (unpaired) electrons. The summed E-state index contributed by atoms with van der Waals surface area (Å²) in [6.45, 7) is 0. The van der Waals surface area contributed by atoms with Crippen LogP contribution in [0, 0.1) is 0 Å². The van der Waals surface area contributed by atoms with Crippen LogP contribution in [0.15, 0.2) is 180 Å². The maximum Gasteiger partial charge on any atom is 0.164 e. The summed E-state index contributed by atoms with van der Waals surface area (Å²) >= 11 is 0. The van der Waals surface area contributed by atoms with Crippen molar-refractivity contribution in [3.63, 3.8) is 0 Å². The Bertz CT molecular complexity index is 3240. The highest BCUT2D eigenvalue weighted by Crippen LogP contribution is 2.42. The first-order valence-electron chi connectivity index (χ1n) is 17.9. The SMILES string of the molecule is c1ccc(-c2nc(-c3ccc4ccc5c6ccccc6ccc5c4c3)nc(-c3ccc(-c4ccc5ccccc5c4)c4oc5ccccc5c34)n2)cc1. The third kappa shape index (κ3) is 4.80. The molecule has 11 aromatic rings. The van der Waals surface area contributed by atoms with Crippen LogP contribution < -0.4 is 0 Å². The van der Waals surface area contributed by atoms with Crippen LogP contribution in [0.2, 0.25) is 0 Å². The molecule has 0 bridgehead atoms. The fraction of sp³-hybridized carbons (Fsp3) is 0. The number of furan rings is 1. The standard InChI is InChI=1S/C49H29N3O/c1-2-12-33(13-3-1)47-50-48(36-21-19-32-23-24-39-37-15-7-6-11-31(37)22-25-40(39)43(32)29-36)52-49(51-47)42-27-26-38(35-20-18-30-10-4-5-14-34(30)28-35)46-45(42)41-16-8-9-17-44(41)53-46/h1-29H. The number of para-hydroxylation sites is 1. The van der Waals surface area contributed by atoms with Crippen LogP contribution >= 0.6 is 0 Å². The zero-order chi connectivity index (χ0) is 34.9. The molecule has 0 saturated carbocycles. The van der Waals surface area contributed by atoms with Crippen molar-refractivity contribution < 1.29 is 4.42 Å². The second-order valence-electron chi connectivity index (χ2n) is 13.6. The van der Waals surface area contributed by atoms with Crippen molar-refractivity contribution in [1.29, 1.82) is 0 Å². The van der Waals surface area contributed by atoms with Gasteiger partial charge in [-0.1, -0.05) is 146 Å². The molecule has 2 aromatic heterocycles. The van der Waals surface area contributed by atoms with Crippen molar-refractivity contribution in [2.45, 2.75) is 0 Å². The third-order valence-corrected chi connectivity index (χ3v) is 10.5. The molecule has 0 aliphatic rings. The monoisotopic (exact) mass is 675 g/mol. The average molecular weight is 676 g/mol. The lowest BCUT2D eigenvalue weighted by Gasteiger charge is -2.12. The molecule has 0 aliphatic heterocycles. The molecule has 0 saturated heterocycles. The van der Waals surface area contributed by atoms with E-state index in [1.54, 1.807) is 0 Å². The lowest BCUT2D eigenvalue weighted by Crippen LogP contribution is -2.00. The number of hydrogen-bond donors (Lipinski definition) is 0. The molecule has 0 unspecified atom stereocenters. The quantitative estimate of drug-likeness (QED) is 0.174. The zero-order valence-electron chi connectivity index (χ0n) is 28.5. The van der Waals surface area contributed by atoms with Gasteiger partial charge in [0.1, 0.15) is 11.2 Å². The first-order valence-corrected chi connectivity index (χ1v) is 17.9. The molecule has 0 fully saturated rings. The lowest BCUT2D eigenvalue weighted by molar-refractivity contribution is 0.670. The van der Waals surface area contributed by atoms with Crippen molar-refractivity contribution in [2.75, 3.05) is 0 Å². The first-order chi connectivity index (χ1) is 26.2. The molecule has 11 rings (SSSR count). The van der Waals surface area contributed by atoms with Gasteiger partial charge in [0.2, 0.25) is 0 Å². The van der Waals surface area contributed by atoms with Crippen molar-refractivity contribution in [1.82, 2.24) is 15.0 Å². The Labute approximate surface area is 304 Å². The smallest absolute Gasteiger partial charge is 0.164 e. The number of nitrogens with zero attached hydrogens (tertiary/aromatic N) is 3. The van der Waals surface area contributed by atoms with E-state index in [1.807, 2.05) is 42.5 Å². The second kappa shape index (κ2) is 11.7. The molecule has 246 valence electrons. The minimum atomic E-state index is 0.597. The Hall–Kier alpha value is -7.17. The predicted octanol–water partition coefficient (Wildman–Crippen LogP) is 13.1. The largest absolute Gasteiger partial charge is 0.455 e. The molecule has 2 heterocycles. The molecule has 53 heavy (non-hydrogen) atoms. The maximum atomic E-state index is 6.69. The van der Waals surface area contributed by atoms with Crippen molar-refractivity contribution in [3.8, 4) is 45.3 Å². The molecule has 0 N–H and O–H groups in total. The van der Waals surface area contributed by atoms with Crippen LogP contribution in [0.5, 0.6) is 0 Å². The van der Waals surface area contributed by atoms with E-state index in [0.717, 1.165) is 55.1 Å². The molecular weight excluding hydrogens is 647 g/mol. The number of fused-ring (bicyclic) bond motifs is 9. The summed E-state index contributed by atoms with van der Waals surface area (Å²) in [4.78, 5) is 15.5. The van der Waals surface area contributed by atoms with Crippen LogP contribution in [0.3, 0.4) is 0 Å². The van der Waals surface area contributed by atoms with Gasteiger partial charge in [-0.05, 0) is 79.0 Å². The molecule has 0 atom stereocenters. The molecular formula is C49H29N3O. The normalized spacial score (nSPS) is 11.8. The third-order valence-electron chi connectivity index (χ3n) is 10.5. The maximum absolute atomic E-state index is 6.69. The number of benzene rings is 9. The van der Waals surface area contributed by atoms with Gasteiger partial charge in [0.25, 0.3) is 0 Å². The Morgan fingerprint density at radius 1 is 0.321 bits per heavy atom. The molecule has 0 amide bonds. The Balaban J connectivity index is 1.15. The van der Waals surface area contributed by atoms with Gasteiger partial charge >= 0.3 is 0 Å². The van der Waals surface area contributed by atoms with Gasteiger partial charge < -0.3 is 4.42 Å².